The standard InChI is InChI=1S/C21H23N3O2/c1-15-12-24(19-7-5-4-6-18(15)19)14-20(25)23(3)13-16-8-10-17(11-9-16)21(26)22-2/h4-12H,13-14H2,1-3H3,(H,22,26). The second-order valence-corrected chi connectivity index (χ2v) is 6.48. The van der Waals surface area contributed by atoms with E-state index in [1.54, 1.807) is 31.1 Å². The molecule has 26 heavy (non-hydrogen) atoms. The van der Waals surface area contributed by atoms with Crippen molar-refractivity contribution in [3.05, 3.63) is 71.4 Å². The Morgan fingerprint density at radius 2 is 1.77 bits per heavy atom. The molecule has 0 aliphatic carbocycles. The molecule has 0 spiro atoms. The number of nitrogens with zero attached hydrogens (tertiary/aromatic N) is 2. The summed E-state index contributed by atoms with van der Waals surface area (Å²) in [7, 11) is 3.41. The van der Waals surface area contributed by atoms with Crippen molar-refractivity contribution >= 4 is 22.7 Å². The van der Waals surface area contributed by atoms with Crippen LogP contribution >= 0.6 is 0 Å². The monoisotopic (exact) mass is 349 g/mol. The maximum atomic E-state index is 12.6. The molecule has 0 saturated carbocycles. The number of benzene rings is 2. The molecule has 0 saturated heterocycles. The van der Waals surface area contributed by atoms with Gasteiger partial charge in [0, 0.05) is 43.3 Å². The molecule has 1 heterocycles. The van der Waals surface area contributed by atoms with Crippen LogP contribution in [0.25, 0.3) is 10.9 Å². The highest BCUT2D eigenvalue weighted by atomic mass is 16.2. The molecule has 0 atom stereocenters. The van der Waals surface area contributed by atoms with Crippen LogP contribution in [0.15, 0.2) is 54.7 Å². The van der Waals surface area contributed by atoms with Crippen molar-refractivity contribution in [2.75, 3.05) is 14.1 Å². The van der Waals surface area contributed by atoms with E-state index >= 15 is 0 Å². The van der Waals surface area contributed by atoms with Crippen LogP contribution in [0, 0.1) is 6.92 Å². The van der Waals surface area contributed by atoms with E-state index in [4.69, 9.17) is 0 Å². The molecule has 0 fully saturated rings. The van der Waals surface area contributed by atoms with Gasteiger partial charge in [-0.2, -0.15) is 0 Å². The number of aromatic nitrogens is 1. The molecule has 0 aliphatic heterocycles. The molecule has 0 radical (unpaired) electrons. The number of hydrogen-bond donors (Lipinski definition) is 1. The fourth-order valence-corrected chi connectivity index (χ4v) is 3.10. The summed E-state index contributed by atoms with van der Waals surface area (Å²) in [6.45, 7) is 2.87. The molecule has 0 aliphatic rings. The quantitative estimate of drug-likeness (QED) is 0.770. The smallest absolute Gasteiger partial charge is 0.251 e. The van der Waals surface area contributed by atoms with Gasteiger partial charge in [-0.1, -0.05) is 30.3 Å². The second kappa shape index (κ2) is 7.44. The van der Waals surface area contributed by atoms with Crippen LogP contribution in [0.3, 0.4) is 0 Å². The van der Waals surface area contributed by atoms with E-state index < -0.39 is 0 Å². The number of hydrogen-bond acceptors (Lipinski definition) is 2. The van der Waals surface area contributed by atoms with E-state index in [1.807, 2.05) is 41.1 Å². The molecule has 0 unspecified atom stereocenters. The molecule has 1 aromatic heterocycles. The summed E-state index contributed by atoms with van der Waals surface area (Å²) in [5.41, 5.74) is 3.84. The van der Waals surface area contributed by atoms with Crippen molar-refractivity contribution in [1.82, 2.24) is 14.8 Å². The molecule has 2 aromatic carbocycles. The lowest BCUT2D eigenvalue weighted by Gasteiger charge is -2.18. The molecule has 5 heteroatoms. The lowest BCUT2D eigenvalue weighted by Crippen LogP contribution is -2.29. The van der Waals surface area contributed by atoms with Crippen LogP contribution in [0.4, 0.5) is 0 Å². The average molecular weight is 349 g/mol. The molecular weight excluding hydrogens is 326 g/mol. The van der Waals surface area contributed by atoms with E-state index in [1.165, 1.54) is 10.9 Å². The Kier molecular flexibility index (Phi) is 5.07. The number of carbonyl (C=O) groups is 2. The maximum absolute atomic E-state index is 12.6. The number of nitrogens with one attached hydrogen (secondary N) is 1. The fourth-order valence-electron chi connectivity index (χ4n) is 3.10. The lowest BCUT2D eigenvalue weighted by atomic mass is 10.1. The van der Waals surface area contributed by atoms with Crippen LogP contribution < -0.4 is 5.32 Å². The molecule has 0 bridgehead atoms. The third kappa shape index (κ3) is 3.61. The molecule has 134 valence electrons. The number of carbonyl (C=O) groups excluding carboxylic acids is 2. The van der Waals surface area contributed by atoms with E-state index in [2.05, 4.69) is 18.3 Å². The van der Waals surface area contributed by atoms with Crippen molar-refractivity contribution in [3.8, 4) is 0 Å². The Hall–Kier alpha value is -3.08. The summed E-state index contributed by atoms with van der Waals surface area (Å²) < 4.78 is 2.00. The number of rotatable bonds is 5. The third-order valence-electron chi connectivity index (χ3n) is 4.58. The average Bonchev–Trinajstić information content (AvgIpc) is 2.97. The number of para-hydroxylation sites is 1. The summed E-state index contributed by atoms with van der Waals surface area (Å²) in [5.74, 6) is -0.0723. The van der Waals surface area contributed by atoms with Crippen molar-refractivity contribution in [2.45, 2.75) is 20.0 Å². The highest BCUT2D eigenvalue weighted by Gasteiger charge is 2.13. The summed E-state index contributed by atoms with van der Waals surface area (Å²) >= 11 is 0. The highest BCUT2D eigenvalue weighted by Crippen LogP contribution is 2.20. The van der Waals surface area contributed by atoms with Gasteiger partial charge in [0.15, 0.2) is 0 Å². The highest BCUT2D eigenvalue weighted by molar-refractivity contribution is 5.94. The Bertz CT molecular complexity index is 942. The number of fused-ring (bicyclic) bond motifs is 1. The summed E-state index contributed by atoms with van der Waals surface area (Å²) in [6.07, 6.45) is 2.02. The lowest BCUT2D eigenvalue weighted by molar-refractivity contribution is -0.131. The molecule has 2 amide bonds. The van der Waals surface area contributed by atoms with Crippen LogP contribution in [-0.2, 0) is 17.9 Å². The van der Waals surface area contributed by atoms with E-state index in [0.717, 1.165) is 11.1 Å². The van der Waals surface area contributed by atoms with Crippen molar-refractivity contribution in [2.24, 2.45) is 0 Å². The number of aryl methyl sites for hydroxylation is 1. The van der Waals surface area contributed by atoms with Gasteiger partial charge in [0.2, 0.25) is 5.91 Å². The van der Waals surface area contributed by atoms with Gasteiger partial charge in [0.1, 0.15) is 6.54 Å². The molecule has 3 rings (SSSR count). The predicted molar refractivity (Wildman–Crippen MR) is 103 cm³/mol. The van der Waals surface area contributed by atoms with E-state index in [-0.39, 0.29) is 11.8 Å². The minimum absolute atomic E-state index is 0.0427. The van der Waals surface area contributed by atoms with Crippen molar-refractivity contribution in [1.29, 1.82) is 0 Å². The topological polar surface area (TPSA) is 54.3 Å². The minimum atomic E-state index is -0.115. The largest absolute Gasteiger partial charge is 0.355 e. The van der Waals surface area contributed by atoms with Gasteiger partial charge in [-0.15, -0.1) is 0 Å². The summed E-state index contributed by atoms with van der Waals surface area (Å²) in [5, 5.41) is 3.77. The third-order valence-corrected chi connectivity index (χ3v) is 4.58. The Morgan fingerprint density at radius 3 is 2.46 bits per heavy atom. The Labute approximate surface area is 153 Å². The fraction of sp³-hybridized carbons (Fsp3) is 0.238. The van der Waals surface area contributed by atoms with E-state index in [9.17, 15) is 9.59 Å². The zero-order valence-electron chi connectivity index (χ0n) is 15.3. The Balaban J connectivity index is 1.68. The van der Waals surface area contributed by atoms with Gasteiger partial charge in [0.05, 0.1) is 0 Å². The van der Waals surface area contributed by atoms with Crippen molar-refractivity contribution in [3.63, 3.8) is 0 Å². The molecular formula is C21H23N3O2. The first-order chi connectivity index (χ1) is 12.5. The summed E-state index contributed by atoms with van der Waals surface area (Å²) in [6, 6.07) is 15.4. The predicted octanol–water partition coefficient (Wildman–Crippen LogP) is 2.97. The van der Waals surface area contributed by atoms with Crippen molar-refractivity contribution < 1.29 is 9.59 Å². The van der Waals surface area contributed by atoms with Gasteiger partial charge in [-0.05, 0) is 36.2 Å². The molecule has 3 aromatic rings. The van der Waals surface area contributed by atoms with Crippen LogP contribution in [0.5, 0.6) is 0 Å². The normalized spacial score (nSPS) is 10.7. The minimum Gasteiger partial charge on any atom is -0.355 e. The first kappa shape index (κ1) is 17.7. The van der Waals surface area contributed by atoms with Crippen LogP contribution in [0.2, 0.25) is 0 Å². The first-order valence-electron chi connectivity index (χ1n) is 8.59. The number of likely N-dealkylation sites (N-methyl/N-ethyl adjacent to an activating group) is 1. The van der Waals surface area contributed by atoms with Gasteiger partial charge in [-0.3, -0.25) is 9.59 Å². The van der Waals surface area contributed by atoms with E-state index in [0.29, 0.717) is 18.7 Å². The van der Waals surface area contributed by atoms with Gasteiger partial charge >= 0.3 is 0 Å². The zero-order chi connectivity index (χ0) is 18.7. The van der Waals surface area contributed by atoms with Gasteiger partial charge < -0.3 is 14.8 Å². The summed E-state index contributed by atoms with van der Waals surface area (Å²) in [4.78, 5) is 25.9. The number of amides is 2. The first-order valence-corrected chi connectivity index (χ1v) is 8.59. The Morgan fingerprint density at radius 1 is 1.08 bits per heavy atom. The zero-order valence-corrected chi connectivity index (χ0v) is 15.3. The second-order valence-electron chi connectivity index (χ2n) is 6.48. The molecule has 5 nitrogen and oxygen atoms in total. The SMILES string of the molecule is CNC(=O)c1ccc(CN(C)C(=O)Cn2cc(C)c3ccccc32)cc1. The van der Waals surface area contributed by atoms with Crippen LogP contribution in [0.1, 0.15) is 21.5 Å². The van der Waals surface area contributed by atoms with Gasteiger partial charge in [0.25, 0.3) is 5.91 Å². The van der Waals surface area contributed by atoms with Gasteiger partial charge in [-0.25, -0.2) is 0 Å². The van der Waals surface area contributed by atoms with Crippen LogP contribution in [-0.4, -0.2) is 35.4 Å². The molecule has 1 N–H and O–H groups in total. The maximum Gasteiger partial charge on any atom is 0.251 e.